The molecule has 0 radical (unpaired) electrons. The number of fused-ring (bicyclic) bond motifs is 4. The van der Waals surface area contributed by atoms with E-state index in [0.29, 0.717) is 11.1 Å². The van der Waals surface area contributed by atoms with Gasteiger partial charge >= 0.3 is 0 Å². The standard InChI is InChI=1S/C24H18N2O/c1-2-26-22-11-4-3-7-18(22)20-15-16(12-13-23(20)26)24(27)19-8-5-10-21-17(19)9-6-14-25-21/h3-15H,2H2,1H3. The monoisotopic (exact) mass is 350 g/mol. The Labute approximate surface area is 156 Å². The number of aromatic nitrogens is 2. The lowest BCUT2D eigenvalue weighted by Gasteiger charge is -2.07. The fourth-order valence-corrected chi connectivity index (χ4v) is 3.99. The van der Waals surface area contributed by atoms with Crippen molar-refractivity contribution in [3.05, 3.63) is 90.1 Å². The topological polar surface area (TPSA) is 34.9 Å². The molecule has 0 aliphatic rings. The first-order valence-corrected chi connectivity index (χ1v) is 9.17. The Morgan fingerprint density at radius 1 is 0.852 bits per heavy atom. The van der Waals surface area contributed by atoms with Gasteiger partial charge in [-0.15, -0.1) is 0 Å². The Kier molecular flexibility index (Phi) is 3.54. The van der Waals surface area contributed by atoms with Gasteiger partial charge in [-0.3, -0.25) is 9.78 Å². The number of carbonyl (C=O) groups excluding carboxylic acids is 1. The molecule has 0 N–H and O–H groups in total. The zero-order valence-corrected chi connectivity index (χ0v) is 15.0. The highest BCUT2D eigenvalue weighted by Crippen LogP contribution is 2.30. The lowest BCUT2D eigenvalue weighted by molar-refractivity contribution is 0.104. The average molecular weight is 350 g/mol. The Hall–Kier alpha value is -3.46. The highest BCUT2D eigenvalue weighted by molar-refractivity contribution is 6.18. The Balaban J connectivity index is 1.73. The summed E-state index contributed by atoms with van der Waals surface area (Å²) in [6, 6.07) is 23.9. The van der Waals surface area contributed by atoms with Crippen LogP contribution in [0.5, 0.6) is 0 Å². The Morgan fingerprint density at radius 3 is 2.56 bits per heavy atom. The number of carbonyl (C=O) groups is 1. The van der Waals surface area contributed by atoms with Gasteiger partial charge in [0, 0.05) is 51.1 Å². The molecule has 0 aliphatic carbocycles. The van der Waals surface area contributed by atoms with E-state index in [4.69, 9.17) is 0 Å². The molecule has 130 valence electrons. The first kappa shape index (κ1) is 15.8. The molecule has 0 unspecified atom stereocenters. The minimum atomic E-state index is 0.0313. The number of benzene rings is 3. The van der Waals surface area contributed by atoms with Crippen LogP contribution in [0.3, 0.4) is 0 Å². The van der Waals surface area contributed by atoms with Crippen LogP contribution in [0.1, 0.15) is 22.8 Å². The number of pyridine rings is 1. The van der Waals surface area contributed by atoms with Crippen molar-refractivity contribution < 1.29 is 4.79 Å². The van der Waals surface area contributed by atoms with Gasteiger partial charge in [0.1, 0.15) is 0 Å². The molecule has 0 saturated carbocycles. The van der Waals surface area contributed by atoms with E-state index in [1.54, 1.807) is 6.20 Å². The third-order valence-corrected chi connectivity index (χ3v) is 5.24. The molecular formula is C24H18N2O. The van der Waals surface area contributed by atoms with Crippen LogP contribution in [0.2, 0.25) is 0 Å². The van der Waals surface area contributed by atoms with Gasteiger partial charge in [0.25, 0.3) is 0 Å². The van der Waals surface area contributed by atoms with E-state index in [1.165, 1.54) is 10.9 Å². The second-order valence-electron chi connectivity index (χ2n) is 6.70. The van der Waals surface area contributed by atoms with E-state index < -0.39 is 0 Å². The van der Waals surface area contributed by atoms with Gasteiger partial charge in [-0.25, -0.2) is 0 Å². The van der Waals surface area contributed by atoms with Crippen LogP contribution in [-0.4, -0.2) is 15.3 Å². The molecule has 0 spiro atoms. The van der Waals surface area contributed by atoms with E-state index in [2.05, 4.69) is 40.7 Å². The molecule has 5 rings (SSSR count). The maximum Gasteiger partial charge on any atom is 0.193 e. The van der Waals surface area contributed by atoms with Gasteiger partial charge in [0.2, 0.25) is 0 Å². The summed E-state index contributed by atoms with van der Waals surface area (Å²) in [5.41, 5.74) is 4.60. The number of hydrogen-bond donors (Lipinski definition) is 0. The molecule has 27 heavy (non-hydrogen) atoms. The predicted octanol–water partition coefficient (Wildman–Crippen LogP) is 5.59. The molecule has 3 aromatic carbocycles. The van der Waals surface area contributed by atoms with Gasteiger partial charge < -0.3 is 4.57 Å². The zero-order chi connectivity index (χ0) is 18.4. The Morgan fingerprint density at radius 2 is 1.67 bits per heavy atom. The molecule has 0 fully saturated rings. The number of ketones is 1. The van der Waals surface area contributed by atoms with Crippen molar-refractivity contribution >= 4 is 38.5 Å². The van der Waals surface area contributed by atoms with Crippen LogP contribution in [0.15, 0.2) is 79.0 Å². The van der Waals surface area contributed by atoms with Crippen molar-refractivity contribution in [2.75, 3.05) is 0 Å². The molecule has 0 amide bonds. The first-order valence-electron chi connectivity index (χ1n) is 9.17. The number of aryl methyl sites for hydroxylation is 1. The molecule has 0 bridgehead atoms. The Bertz CT molecular complexity index is 1330. The van der Waals surface area contributed by atoms with Gasteiger partial charge in [-0.05, 0) is 43.3 Å². The third-order valence-electron chi connectivity index (χ3n) is 5.24. The van der Waals surface area contributed by atoms with Crippen LogP contribution in [0.4, 0.5) is 0 Å². The van der Waals surface area contributed by atoms with Gasteiger partial charge in [0.15, 0.2) is 5.78 Å². The van der Waals surface area contributed by atoms with Crippen molar-refractivity contribution in [2.24, 2.45) is 0 Å². The molecule has 2 aromatic heterocycles. The van der Waals surface area contributed by atoms with Crippen LogP contribution >= 0.6 is 0 Å². The SMILES string of the molecule is CCn1c2ccccc2c2cc(C(=O)c3cccc4ncccc34)ccc21. The summed E-state index contributed by atoms with van der Waals surface area (Å²) in [4.78, 5) is 17.6. The van der Waals surface area contributed by atoms with Crippen molar-refractivity contribution in [3.63, 3.8) is 0 Å². The molecular weight excluding hydrogens is 332 g/mol. The quantitative estimate of drug-likeness (QED) is 0.397. The van der Waals surface area contributed by atoms with Crippen molar-refractivity contribution in [3.8, 4) is 0 Å². The normalized spacial score (nSPS) is 11.4. The second-order valence-corrected chi connectivity index (χ2v) is 6.70. The third kappa shape index (κ3) is 2.36. The van der Waals surface area contributed by atoms with E-state index >= 15 is 0 Å². The lowest BCUT2D eigenvalue weighted by Crippen LogP contribution is -2.02. The van der Waals surface area contributed by atoms with Crippen molar-refractivity contribution in [2.45, 2.75) is 13.5 Å². The van der Waals surface area contributed by atoms with E-state index in [1.807, 2.05) is 48.5 Å². The van der Waals surface area contributed by atoms with E-state index in [0.717, 1.165) is 28.4 Å². The summed E-state index contributed by atoms with van der Waals surface area (Å²) in [5.74, 6) is 0.0313. The maximum atomic E-state index is 13.3. The number of nitrogens with zero attached hydrogens (tertiary/aromatic N) is 2. The fraction of sp³-hybridized carbons (Fsp3) is 0.0833. The highest BCUT2D eigenvalue weighted by Gasteiger charge is 2.16. The molecule has 0 atom stereocenters. The van der Waals surface area contributed by atoms with Crippen LogP contribution in [0, 0.1) is 0 Å². The molecule has 3 nitrogen and oxygen atoms in total. The first-order chi connectivity index (χ1) is 13.3. The second kappa shape index (κ2) is 6.06. The molecule has 0 saturated heterocycles. The van der Waals surface area contributed by atoms with Crippen molar-refractivity contribution in [1.82, 2.24) is 9.55 Å². The van der Waals surface area contributed by atoms with Crippen LogP contribution in [-0.2, 0) is 6.54 Å². The largest absolute Gasteiger partial charge is 0.341 e. The summed E-state index contributed by atoms with van der Waals surface area (Å²) in [7, 11) is 0. The number of hydrogen-bond acceptors (Lipinski definition) is 2. The van der Waals surface area contributed by atoms with Crippen LogP contribution < -0.4 is 0 Å². The molecule has 0 aliphatic heterocycles. The minimum absolute atomic E-state index is 0.0313. The van der Waals surface area contributed by atoms with E-state index in [9.17, 15) is 4.79 Å². The minimum Gasteiger partial charge on any atom is -0.341 e. The number of rotatable bonds is 3. The summed E-state index contributed by atoms with van der Waals surface area (Å²) in [6.45, 7) is 3.04. The highest BCUT2D eigenvalue weighted by atomic mass is 16.1. The van der Waals surface area contributed by atoms with Crippen LogP contribution in [0.25, 0.3) is 32.7 Å². The summed E-state index contributed by atoms with van der Waals surface area (Å²) < 4.78 is 2.29. The summed E-state index contributed by atoms with van der Waals surface area (Å²) >= 11 is 0. The predicted molar refractivity (Wildman–Crippen MR) is 110 cm³/mol. The molecule has 5 aromatic rings. The van der Waals surface area contributed by atoms with Gasteiger partial charge in [-0.1, -0.05) is 36.4 Å². The number of para-hydroxylation sites is 1. The fourth-order valence-electron chi connectivity index (χ4n) is 3.99. The summed E-state index contributed by atoms with van der Waals surface area (Å²) in [6.07, 6.45) is 1.75. The molecule has 2 heterocycles. The van der Waals surface area contributed by atoms with Gasteiger partial charge in [-0.2, -0.15) is 0 Å². The lowest BCUT2D eigenvalue weighted by atomic mass is 9.98. The zero-order valence-electron chi connectivity index (χ0n) is 15.0. The summed E-state index contributed by atoms with van der Waals surface area (Å²) in [5, 5.41) is 3.20. The maximum absolute atomic E-state index is 13.3. The average Bonchev–Trinajstić information content (AvgIpc) is 3.05. The molecule has 3 heteroatoms. The van der Waals surface area contributed by atoms with Gasteiger partial charge in [0.05, 0.1) is 5.52 Å². The van der Waals surface area contributed by atoms with E-state index in [-0.39, 0.29) is 5.78 Å². The smallest absolute Gasteiger partial charge is 0.193 e. The van der Waals surface area contributed by atoms with Crippen molar-refractivity contribution in [1.29, 1.82) is 0 Å².